The van der Waals surface area contributed by atoms with Crippen LogP contribution in [-0.4, -0.2) is 48.7 Å². The molecule has 2 heterocycles. The average Bonchev–Trinajstić information content (AvgIpc) is 2.62. The van der Waals surface area contributed by atoms with Gasteiger partial charge in [0.2, 0.25) is 5.88 Å². The summed E-state index contributed by atoms with van der Waals surface area (Å²) in [6, 6.07) is 10.4. The monoisotopic (exact) mass is 382 g/mol. The average molecular weight is 382 g/mol. The van der Waals surface area contributed by atoms with Crippen molar-refractivity contribution < 1.29 is 32.2 Å². The van der Waals surface area contributed by atoms with Crippen LogP contribution < -0.4 is 14.2 Å². The lowest BCUT2D eigenvalue weighted by atomic mass is 10.1. The number of ether oxygens (including phenoxy) is 3. The maximum Gasteiger partial charge on any atom is 0.433 e. The quantitative estimate of drug-likeness (QED) is 0.769. The molecule has 0 saturated carbocycles. The van der Waals surface area contributed by atoms with Gasteiger partial charge in [-0.3, -0.25) is 4.79 Å². The summed E-state index contributed by atoms with van der Waals surface area (Å²) in [5.74, 6) is 0.602. The van der Waals surface area contributed by atoms with E-state index in [1.54, 1.807) is 24.3 Å². The number of carbonyl (C=O) groups excluding carboxylic acids is 1. The van der Waals surface area contributed by atoms with E-state index >= 15 is 0 Å². The van der Waals surface area contributed by atoms with E-state index in [0.717, 1.165) is 6.07 Å². The third-order valence-electron chi connectivity index (χ3n) is 3.92. The van der Waals surface area contributed by atoms with Crippen molar-refractivity contribution in [2.75, 3.05) is 26.8 Å². The first-order chi connectivity index (χ1) is 12.9. The Hall–Kier alpha value is -2.97. The van der Waals surface area contributed by atoms with Crippen LogP contribution in [-0.2, 0) is 11.0 Å². The number of para-hydroxylation sites is 2. The Morgan fingerprint density at radius 2 is 1.85 bits per heavy atom. The molecule has 1 fully saturated rings. The summed E-state index contributed by atoms with van der Waals surface area (Å²) in [6.45, 7) is 0.340. The third-order valence-corrected chi connectivity index (χ3v) is 3.92. The summed E-state index contributed by atoms with van der Waals surface area (Å²) in [4.78, 5) is 17.1. The van der Waals surface area contributed by atoms with Crippen molar-refractivity contribution in [3.63, 3.8) is 0 Å². The van der Waals surface area contributed by atoms with Crippen molar-refractivity contribution in [2.45, 2.75) is 12.3 Å². The van der Waals surface area contributed by atoms with Crippen LogP contribution in [0.3, 0.4) is 0 Å². The minimum Gasteiger partial charge on any atom is -0.493 e. The van der Waals surface area contributed by atoms with Crippen LogP contribution in [0.4, 0.5) is 13.2 Å². The van der Waals surface area contributed by atoms with E-state index in [0.29, 0.717) is 11.5 Å². The summed E-state index contributed by atoms with van der Waals surface area (Å²) in [5.41, 5.74) is -1.02. The highest BCUT2D eigenvalue weighted by Crippen LogP contribution is 2.29. The molecule has 0 N–H and O–H groups in total. The Balaban J connectivity index is 1.47. The van der Waals surface area contributed by atoms with Crippen molar-refractivity contribution in [3.8, 4) is 17.4 Å². The Morgan fingerprint density at radius 1 is 1.15 bits per heavy atom. The number of methoxy groups -OCH3 is 1. The van der Waals surface area contributed by atoms with Crippen LogP contribution in [0.5, 0.6) is 17.4 Å². The summed E-state index contributed by atoms with van der Waals surface area (Å²) in [7, 11) is 1.50. The van der Waals surface area contributed by atoms with Crippen molar-refractivity contribution >= 4 is 5.91 Å². The molecule has 0 aliphatic carbocycles. The van der Waals surface area contributed by atoms with Crippen LogP contribution in [0.25, 0.3) is 0 Å². The number of nitrogens with zero attached hydrogens (tertiary/aromatic N) is 2. The molecule has 144 valence electrons. The maximum atomic E-state index is 12.7. The number of aromatic nitrogens is 1. The van der Waals surface area contributed by atoms with Gasteiger partial charge in [-0.2, -0.15) is 13.2 Å². The lowest BCUT2D eigenvalue weighted by Gasteiger charge is -2.38. The van der Waals surface area contributed by atoms with E-state index in [9.17, 15) is 18.0 Å². The van der Waals surface area contributed by atoms with Crippen LogP contribution in [0.1, 0.15) is 5.69 Å². The number of hydrogen-bond donors (Lipinski definition) is 0. The number of likely N-dealkylation sites (tertiary alicyclic amines) is 1. The van der Waals surface area contributed by atoms with Crippen molar-refractivity contribution in [1.29, 1.82) is 0 Å². The zero-order chi connectivity index (χ0) is 19.4. The standard InChI is InChI=1S/C18H17F3N2O4/c1-25-13-5-2-3-6-14(13)26-11-17(24)23-9-12(10-23)27-16-8-4-7-15(22-16)18(19,20)21/h2-8,12H,9-11H2,1H3. The van der Waals surface area contributed by atoms with Gasteiger partial charge in [-0.25, -0.2) is 4.98 Å². The molecular weight excluding hydrogens is 365 g/mol. The van der Waals surface area contributed by atoms with Crippen LogP contribution in [0.15, 0.2) is 42.5 Å². The first-order valence-corrected chi connectivity index (χ1v) is 8.11. The predicted octanol–water partition coefficient (Wildman–Crippen LogP) is 2.78. The second kappa shape index (κ2) is 7.73. The molecule has 1 aromatic heterocycles. The van der Waals surface area contributed by atoms with E-state index in [4.69, 9.17) is 14.2 Å². The number of carbonyl (C=O) groups is 1. The van der Waals surface area contributed by atoms with E-state index in [-0.39, 0.29) is 31.5 Å². The minimum atomic E-state index is -4.53. The molecule has 0 radical (unpaired) electrons. The number of amides is 1. The fraction of sp³-hybridized carbons (Fsp3) is 0.333. The molecule has 1 aliphatic heterocycles. The Bertz CT molecular complexity index is 807. The Kier molecular flexibility index (Phi) is 5.38. The van der Waals surface area contributed by atoms with Crippen molar-refractivity contribution in [2.24, 2.45) is 0 Å². The normalized spacial score (nSPS) is 14.4. The first kappa shape index (κ1) is 18.8. The highest BCUT2D eigenvalue weighted by atomic mass is 19.4. The number of rotatable bonds is 6. The van der Waals surface area contributed by atoms with E-state index in [2.05, 4.69) is 4.98 Å². The number of alkyl halides is 3. The lowest BCUT2D eigenvalue weighted by molar-refractivity contribution is -0.143. The SMILES string of the molecule is COc1ccccc1OCC(=O)N1CC(Oc2cccc(C(F)(F)F)n2)C1. The van der Waals surface area contributed by atoms with E-state index in [1.165, 1.54) is 24.1 Å². The van der Waals surface area contributed by atoms with E-state index in [1.807, 2.05) is 0 Å². The molecule has 0 atom stereocenters. The second-order valence-electron chi connectivity index (χ2n) is 5.84. The molecule has 27 heavy (non-hydrogen) atoms. The fourth-order valence-corrected chi connectivity index (χ4v) is 2.49. The summed E-state index contributed by atoms with van der Waals surface area (Å²) < 4.78 is 54.0. The van der Waals surface area contributed by atoms with Crippen molar-refractivity contribution in [1.82, 2.24) is 9.88 Å². The topological polar surface area (TPSA) is 60.9 Å². The number of pyridine rings is 1. The molecule has 1 aliphatic rings. The lowest BCUT2D eigenvalue weighted by Crippen LogP contribution is -2.57. The van der Waals surface area contributed by atoms with Gasteiger partial charge in [-0.15, -0.1) is 0 Å². The van der Waals surface area contributed by atoms with Gasteiger partial charge in [-0.1, -0.05) is 18.2 Å². The molecule has 1 amide bonds. The summed E-state index contributed by atoms with van der Waals surface area (Å²) in [5, 5.41) is 0. The first-order valence-electron chi connectivity index (χ1n) is 8.11. The van der Waals surface area contributed by atoms with Gasteiger partial charge in [-0.05, 0) is 18.2 Å². The molecule has 1 saturated heterocycles. The van der Waals surface area contributed by atoms with Gasteiger partial charge in [0.05, 0.1) is 20.2 Å². The minimum absolute atomic E-state index is 0.118. The van der Waals surface area contributed by atoms with Gasteiger partial charge in [0.15, 0.2) is 18.1 Å². The molecule has 6 nitrogen and oxygen atoms in total. The van der Waals surface area contributed by atoms with Crippen LogP contribution in [0.2, 0.25) is 0 Å². The smallest absolute Gasteiger partial charge is 0.433 e. The van der Waals surface area contributed by atoms with Gasteiger partial charge in [0, 0.05) is 6.07 Å². The maximum absolute atomic E-state index is 12.7. The molecule has 2 aromatic rings. The Labute approximate surface area is 153 Å². The number of hydrogen-bond acceptors (Lipinski definition) is 5. The largest absolute Gasteiger partial charge is 0.493 e. The second-order valence-corrected chi connectivity index (χ2v) is 5.84. The third kappa shape index (κ3) is 4.60. The molecule has 3 rings (SSSR count). The molecule has 1 aromatic carbocycles. The van der Waals surface area contributed by atoms with Crippen LogP contribution >= 0.6 is 0 Å². The summed E-state index contributed by atoms with van der Waals surface area (Å²) >= 11 is 0. The van der Waals surface area contributed by atoms with Crippen molar-refractivity contribution in [3.05, 3.63) is 48.2 Å². The van der Waals surface area contributed by atoms with Gasteiger partial charge in [0.25, 0.3) is 5.91 Å². The number of benzene rings is 1. The van der Waals surface area contributed by atoms with Gasteiger partial charge >= 0.3 is 6.18 Å². The Morgan fingerprint density at radius 3 is 2.52 bits per heavy atom. The molecular formula is C18H17F3N2O4. The van der Waals surface area contributed by atoms with Gasteiger partial charge < -0.3 is 19.1 Å². The molecule has 0 spiro atoms. The molecule has 9 heteroatoms. The van der Waals surface area contributed by atoms with E-state index < -0.39 is 18.0 Å². The predicted molar refractivity (Wildman–Crippen MR) is 88.7 cm³/mol. The highest BCUT2D eigenvalue weighted by Gasteiger charge is 2.35. The molecule has 0 unspecified atom stereocenters. The molecule has 0 bridgehead atoms. The van der Waals surface area contributed by atoms with Crippen LogP contribution in [0, 0.1) is 0 Å². The summed E-state index contributed by atoms with van der Waals surface area (Å²) in [6.07, 6.45) is -4.94. The zero-order valence-corrected chi connectivity index (χ0v) is 14.4. The number of halogens is 3. The zero-order valence-electron chi connectivity index (χ0n) is 14.4. The van der Waals surface area contributed by atoms with Gasteiger partial charge in [0.1, 0.15) is 11.8 Å². The fourth-order valence-electron chi connectivity index (χ4n) is 2.49. The highest BCUT2D eigenvalue weighted by molar-refractivity contribution is 5.78.